The fraction of sp³-hybridized carbons (Fsp3) is 0.316. The second-order valence-electron chi connectivity index (χ2n) is 6.53. The number of rotatable bonds is 7. The van der Waals surface area contributed by atoms with Crippen molar-refractivity contribution >= 4 is 21.6 Å². The van der Waals surface area contributed by atoms with Crippen molar-refractivity contribution in [1.29, 1.82) is 0 Å². The highest BCUT2D eigenvalue weighted by molar-refractivity contribution is 7.92. The normalized spacial score (nSPS) is 15.4. The molecule has 1 saturated carbocycles. The number of amides is 1. The van der Waals surface area contributed by atoms with Crippen LogP contribution in [-0.4, -0.2) is 27.1 Å². The Morgan fingerprint density at radius 3 is 2.24 bits per heavy atom. The van der Waals surface area contributed by atoms with Gasteiger partial charge in [0.25, 0.3) is 0 Å². The molecule has 1 fully saturated rings. The third kappa shape index (κ3) is 4.39. The van der Waals surface area contributed by atoms with Crippen LogP contribution in [0.1, 0.15) is 24.0 Å². The van der Waals surface area contributed by atoms with Crippen molar-refractivity contribution in [2.75, 3.05) is 17.5 Å². The van der Waals surface area contributed by atoms with Gasteiger partial charge in [-0.2, -0.15) is 0 Å². The topological polar surface area (TPSA) is 75.3 Å². The summed E-state index contributed by atoms with van der Waals surface area (Å²) in [4.78, 5) is 12.6. The molecule has 0 spiro atoms. The molecule has 3 rings (SSSR count). The molecule has 0 atom stereocenters. The van der Waals surface area contributed by atoms with Crippen LogP contribution in [0.5, 0.6) is 0 Å². The number of nitrogens with one attached hydrogen (secondary N) is 2. The lowest BCUT2D eigenvalue weighted by Crippen LogP contribution is -2.35. The second-order valence-corrected chi connectivity index (χ2v) is 8.27. The third-order valence-electron chi connectivity index (χ3n) is 4.47. The van der Waals surface area contributed by atoms with Crippen molar-refractivity contribution in [3.63, 3.8) is 0 Å². The molecule has 0 saturated heterocycles. The Morgan fingerprint density at radius 1 is 1.04 bits per heavy atom. The Labute approximate surface area is 148 Å². The first-order chi connectivity index (χ1) is 11.9. The smallest absolute Gasteiger partial charge is 0.230 e. The van der Waals surface area contributed by atoms with E-state index in [4.69, 9.17) is 0 Å². The average Bonchev–Trinajstić information content (AvgIpc) is 3.37. The summed E-state index contributed by atoms with van der Waals surface area (Å²) in [6.45, 7) is 0.609. The van der Waals surface area contributed by atoms with E-state index < -0.39 is 15.4 Å². The second kappa shape index (κ2) is 6.88. The zero-order valence-electron chi connectivity index (χ0n) is 14.2. The molecule has 0 bridgehead atoms. The summed E-state index contributed by atoms with van der Waals surface area (Å²) in [6.07, 6.45) is 3.56. The summed E-state index contributed by atoms with van der Waals surface area (Å²) in [6, 6.07) is 17.1. The lowest BCUT2D eigenvalue weighted by Gasteiger charge is -2.16. The molecular weight excluding hydrogens is 336 g/mol. The Balaban J connectivity index is 1.60. The highest BCUT2D eigenvalue weighted by Crippen LogP contribution is 2.48. The van der Waals surface area contributed by atoms with Crippen LogP contribution in [0.25, 0.3) is 0 Å². The van der Waals surface area contributed by atoms with Gasteiger partial charge in [0.05, 0.1) is 11.7 Å². The van der Waals surface area contributed by atoms with Crippen molar-refractivity contribution < 1.29 is 13.2 Å². The zero-order chi connectivity index (χ0) is 17.9. The Kier molecular flexibility index (Phi) is 4.81. The Bertz CT molecular complexity index is 842. The third-order valence-corrected chi connectivity index (χ3v) is 5.07. The van der Waals surface area contributed by atoms with Gasteiger partial charge in [0.1, 0.15) is 0 Å². The molecule has 2 aromatic rings. The van der Waals surface area contributed by atoms with Crippen LogP contribution in [0.2, 0.25) is 0 Å². The summed E-state index contributed by atoms with van der Waals surface area (Å²) in [5.41, 5.74) is 2.18. The maximum atomic E-state index is 12.6. The van der Waals surface area contributed by atoms with Crippen LogP contribution >= 0.6 is 0 Å². The van der Waals surface area contributed by atoms with Crippen LogP contribution in [-0.2, 0) is 26.7 Å². The van der Waals surface area contributed by atoms with Gasteiger partial charge < -0.3 is 5.32 Å². The minimum atomic E-state index is -3.29. The summed E-state index contributed by atoms with van der Waals surface area (Å²) < 4.78 is 25.0. The molecule has 25 heavy (non-hydrogen) atoms. The molecule has 1 amide bonds. The predicted octanol–water partition coefficient (Wildman–Crippen LogP) is 2.45. The largest absolute Gasteiger partial charge is 0.355 e. The van der Waals surface area contributed by atoms with E-state index in [2.05, 4.69) is 10.0 Å². The average molecular weight is 358 g/mol. The van der Waals surface area contributed by atoms with Crippen LogP contribution < -0.4 is 10.0 Å². The first-order valence-electron chi connectivity index (χ1n) is 8.30. The number of hydrogen-bond acceptors (Lipinski definition) is 3. The number of hydrogen-bond donors (Lipinski definition) is 2. The minimum Gasteiger partial charge on any atom is -0.355 e. The number of carbonyl (C=O) groups excluding carboxylic acids is 1. The van der Waals surface area contributed by atoms with Gasteiger partial charge in [-0.15, -0.1) is 0 Å². The lowest BCUT2D eigenvalue weighted by atomic mass is 9.94. The SMILES string of the molecule is CS(=O)(=O)Nc1ccc(C2(C(=O)NCCc3ccccc3)CC2)cc1. The molecule has 6 heteroatoms. The summed E-state index contributed by atoms with van der Waals surface area (Å²) in [5, 5.41) is 3.03. The van der Waals surface area contributed by atoms with Crippen molar-refractivity contribution in [2.45, 2.75) is 24.7 Å². The zero-order valence-corrected chi connectivity index (χ0v) is 15.0. The van der Waals surface area contributed by atoms with Crippen LogP contribution in [0.4, 0.5) is 5.69 Å². The van der Waals surface area contributed by atoms with E-state index in [-0.39, 0.29) is 5.91 Å². The molecule has 5 nitrogen and oxygen atoms in total. The fourth-order valence-corrected chi connectivity index (χ4v) is 3.54. The fourth-order valence-electron chi connectivity index (χ4n) is 2.98. The molecule has 0 aliphatic heterocycles. The van der Waals surface area contributed by atoms with Gasteiger partial charge in [-0.1, -0.05) is 42.5 Å². The molecule has 1 aliphatic carbocycles. The van der Waals surface area contributed by atoms with Crippen LogP contribution in [0.3, 0.4) is 0 Å². The van der Waals surface area contributed by atoms with Crippen LogP contribution in [0.15, 0.2) is 54.6 Å². The van der Waals surface area contributed by atoms with Gasteiger partial charge in [-0.25, -0.2) is 8.42 Å². The quantitative estimate of drug-likeness (QED) is 0.798. The van der Waals surface area contributed by atoms with Crippen molar-refractivity contribution in [1.82, 2.24) is 5.32 Å². The van der Waals surface area contributed by atoms with Gasteiger partial charge in [0.15, 0.2) is 0 Å². The maximum Gasteiger partial charge on any atom is 0.230 e. The predicted molar refractivity (Wildman–Crippen MR) is 99.0 cm³/mol. The van der Waals surface area contributed by atoms with Crippen LogP contribution in [0, 0.1) is 0 Å². The molecule has 0 aromatic heterocycles. The first-order valence-corrected chi connectivity index (χ1v) is 10.2. The molecule has 2 aromatic carbocycles. The van der Waals surface area contributed by atoms with Gasteiger partial charge in [0.2, 0.25) is 15.9 Å². The van der Waals surface area contributed by atoms with Gasteiger partial charge in [0, 0.05) is 12.2 Å². The molecule has 1 aliphatic rings. The van der Waals surface area contributed by atoms with E-state index in [1.165, 1.54) is 5.56 Å². The number of anilines is 1. The first kappa shape index (κ1) is 17.5. The van der Waals surface area contributed by atoms with Gasteiger partial charge in [-0.3, -0.25) is 9.52 Å². The maximum absolute atomic E-state index is 12.6. The molecule has 2 N–H and O–H groups in total. The van der Waals surface area contributed by atoms with E-state index in [0.717, 1.165) is 31.1 Å². The minimum absolute atomic E-state index is 0.0484. The summed E-state index contributed by atoms with van der Waals surface area (Å²) >= 11 is 0. The van der Waals surface area contributed by atoms with Crippen molar-refractivity contribution in [3.05, 3.63) is 65.7 Å². The van der Waals surface area contributed by atoms with E-state index in [0.29, 0.717) is 12.2 Å². The summed E-state index contributed by atoms with van der Waals surface area (Å²) in [7, 11) is -3.29. The van der Waals surface area contributed by atoms with E-state index >= 15 is 0 Å². The number of sulfonamides is 1. The summed E-state index contributed by atoms with van der Waals surface area (Å²) in [5.74, 6) is 0.0484. The lowest BCUT2D eigenvalue weighted by molar-refractivity contribution is -0.123. The number of benzene rings is 2. The molecular formula is C19H22N2O3S. The molecule has 0 radical (unpaired) electrons. The van der Waals surface area contributed by atoms with E-state index in [1.807, 2.05) is 42.5 Å². The Hall–Kier alpha value is -2.34. The van der Waals surface area contributed by atoms with Crippen molar-refractivity contribution in [2.24, 2.45) is 0 Å². The standard InChI is InChI=1S/C19H22N2O3S/c1-25(23,24)21-17-9-7-16(8-10-17)19(12-13-19)18(22)20-14-11-15-5-3-2-4-6-15/h2-10,21H,11-14H2,1H3,(H,20,22). The molecule has 132 valence electrons. The highest BCUT2D eigenvalue weighted by atomic mass is 32.2. The molecule has 0 heterocycles. The monoisotopic (exact) mass is 358 g/mol. The van der Waals surface area contributed by atoms with Gasteiger partial charge >= 0.3 is 0 Å². The Morgan fingerprint density at radius 2 is 1.68 bits per heavy atom. The van der Waals surface area contributed by atoms with Crippen molar-refractivity contribution in [3.8, 4) is 0 Å². The van der Waals surface area contributed by atoms with Gasteiger partial charge in [-0.05, 0) is 42.5 Å². The van der Waals surface area contributed by atoms with E-state index in [9.17, 15) is 13.2 Å². The highest BCUT2D eigenvalue weighted by Gasteiger charge is 2.50. The van der Waals surface area contributed by atoms with E-state index in [1.54, 1.807) is 12.1 Å². The molecule has 0 unspecified atom stereocenters. The number of carbonyl (C=O) groups is 1.